The van der Waals surface area contributed by atoms with Crippen molar-refractivity contribution in [1.29, 1.82) is 0 Å². The van der Waals surface area contributed by atoms with Gasteiger partial charge in [-0.15, -0.1) is 0 Å². The van der Waals surface area contributed by atoms with Crippen molar-refractivity contribution in [3.8, 4) is 0 Å². The molecule has 0 saturated carbocycles. The van der Waals surface area contributed by atoms with Gasteiger partial charge in [0.2, 0.25) is 0 Å². The second kappa shape index (κ2) is 7.84. The number of carbonyl (C=O) groups excluding carboxylic acids is 1. The van der Waals surface area contributed by atoms with Crippen molar-refractivity contribution in [3.63, 3.8) is 0 Å². The molecular weight excluding hydrogens is 308 g/mol. The van der Waals surface area contributed by atoms with Gasteiger partial charge in [0.05, 0.1) is 0 Å². The Kier molecular flexibility index (Phi) is 5.34. The molecule has 3 heteroatoms. The first kappa shape index (κ1) is 17.0. The summed E-state index contributed by atoms with van der Waals surface area (Å²) in [4.78, 5) is 15.1. The van der Waals surface area contributed by atoms with E-state index in [0.29, 0.717) is 13.1 Å². The Morgan fingerprint density at radius 2 is 1.48 bits per heavy atom. The van der Waals surface area contributed by atoms with Gasteiger partial charge in [0.1, 0.15) is 5.69 Å². The number of benzene rings is 2. The molecule has 0 spiro atoms. The number of aryl methyl sites for hydroxylation is 1. The molecule has 0 atom stereocenters. The fraction of sp³-hybridized carbons (Fsp3) is 0.227. The first-order valence-electron chi connectivity index (χ1n) is 8.64. The Hall–Kier alpha value is -2.81. The standard InChI is InChI=1S/C22H24N2O/c1-18-13-14-21(23(18)2)22(25)24(17-20-11-7-4-8-12-20)16-15-19-9-5-3-6-10-19/h3-14H,15-17H2,1-2H3. The number of hydrogen-bond acceptors (Lipinski definition) is 1. The molecule has 0 fully saturated rings. The van der Waals surface area contributed by atoms with Gasteiger partial charge >= 0.3 is 0 Å². The molecule has 0 aliphatic heterocycles. The monoisotopic (exact) mass is 332 g/mol. The summed E-state index contributed by atoms with van der Waals surface area (Å²) in [6.07, 6.45) is 0.850. The zero-order chi connectivity index (χ0) is 17.6. The topological polar surface area (TPSA) is 25.2 Å². The van der Waals surface area contributed by atoms with Crippen LogP contribution in [-0.4, -0.2) is 21.9 Å². The molecule has 1 heterocycles. The third kappa shape index (κ3) is 4.18. The molecule has 128 valence electrons. The molecule has 2 aromatic carbocycles. The summed E-state index contributed by atoms with van der Waals surface area (Å²) in [7, 11) is 1.94. The van der Waals surface area contributed by atoms with Gasteiger partial charge < -0.3 is 9.47 Å². The number of amides is 1. The molecule has 3 aromatic rings. The lowest BCUT2D eigenvalue weighted by Crippen LogP contribution is -2.33. The molecule has 0 unspecified atom stereocenters. The third-order valence-corrected chi connectivity index (χ3v) is 4.61. The Morgan fingerprint density at radius 1 is 0.880 bits per heavy atom. The van der Waals surface area contributed by atoms with Crippen LogP contribution in [0.15, 0.2) is 72.8 Å². The third-order valence-electron chi connectivity index (χ3n) is 4.61. The van der Waals surface area contributed by atoms with Gasteiger partial charge in [-0.3, -0.25) is 4.79 Å². The van der Waals surface area contributed by atoms with Crippen LogP contribution >= 0.6 is 0 Å². The summed E-state index contributed by atoms with van der Waals surface area (Å²) in [5.74, 6) is 0.0791. The number of nitrogens with zero attached hydrogens (tertiary/aromatic N) is 2. The maximum atomic E-state index is 13.1. The molecule has 3 nitrogen and oxygen atoms in total. The summed E-state index contributed by atoms with van der Waals surface area (Å²) in [5, 5.41) is 0. The van der Waals surface area contributed by atoms with Gasteiger partial charge in [-0.1, -0.05) is 60.7 Å². The highest BCUT2D eigenvalue weighted by Gasteiger charge is 2.19. The lowest BCUT2D eigenvalue weighted by molar-refractivity contribution is 0.0735. The highest BCUT2D eigenvalue weighted by Crippen LogP contribution is 2.14. The van der Waals surface area contributed by atoms with E-state index in [0.717, 1.165) is 23.4 Å². The molecule has 1 amide bonds. The van der Waals surface area contributed by atoms with Crippen LogP contribution in [0.4, 0.5) is 0 Å². The first-order chi connectivity index (χ1) is 12.1. The summed E-state index contributed by atoms with van der Waals surface area (Å²) < 4.78 is 1.96. The Morgan fingerprint density at radius 3 is 2.04 bits per heavy atom. The van der Waals surface area contributed by atoms with E-state index in [4.69, 9.17) is 0 Å². The minimum absolute atomic E-state index is 0.0791. The molecule has 3 rings (SSSR count). The van der Waals surface area contributed by atoms with Crippen LogP contribution in [-0.2, 0) is 20.0 Å². The maximum Gasteiger partial charge on any atom is 0.270 e. The average molecular weight is 332 g/mol. The first-order valence-corrected chi connectivity index (χ1v) is 8.64. The van der Waals surface area contributed by atoms with Crippen molar-refractivity contribution >= 4 is 5.91 Å². The highest BCUT2D eigenvalue weighted by molar-refractivity contribution is 5.93. The van der Waals surface area contributed by atoms with Gasteiger partial charge in [0.15, 0.2) is 0 Å². The van der Waals surface area contributed by atoms with Crippen molar-refractivity contribution in [2.75, 3.05) is 6.54 Å². The van der Waals surface area contributed by atoms with E-state index in [1.54, 1.807) is 0 Å². The van der Waals surface area contributed by atoms with E-state index in [1.165, 1.54) is 5.56 Å². The van der Waals surface area contributed by atoms with E-state index >= 15 is 0 Å². The van der Waals surface area contributed by atoms with Gasteiger partial charge in [-0.05, 0) is 36.6 Å². The van der Waals surface area contributed by atoms with Crippen molar-refractivity contribution < 1.29 is 4.79 Å². The molecule has 0 radical (unpaired) electrons. The van der Waals surface area contributed by atoms with Crippen LogP contribution in [0.1, 0.15) is 27.3 Å². The average Bonchev–Trinajstić information content (AvgIpc) is 2.99. The fourth-order valence-electron chi connectivity index (χ4n) is 2.95. The molecule has 0 aliphatic carbocycles. The molecular formula is C22H24N2O. The van der Waals surface area contributed by atoms with Crippen molar-refractivity contribution in [3.05, 3.63) is 95.3 Å². The molecule has 25 heavy (non-hydrogen) atoms. The molecule has 0 bridgehead atoms. The minimum Gasteiger partial charge on any atom is -0.344 e. The number of rotatable bonds is 6. The van der Waals surface area contributed by atoms with E-state index in [2.05, 4.69) is 24.3 Å². The normalized spacial score (nSPS) is 10.6. The highest BCUT2D eigenvalue weighted by atomic mass is 16.2. The van der Waals surface area contributed by atoms with Crippen molar-refractivity contribution in [2.45, 2.75) is 19.9 Å². The lowest BCUT2D eigenvalue weighted by atomic mass is 10.1. The van der Waals surface area contributed by atoms with Crippen molar-refractivity contribution in [1.82, 2.24) is 9.47 Å². The summed E-state index contributed by atoms with van der Waals surface area (Å²) in [6.45, 7) is 3.33. The van der Waals surface area contributed by atoms with Crippen LogP contribution in [0.25, 0.3) is 0 Å². The van der Waals surface area contributed by atoms with E-state index < -0.39 is 0 Å². The Bertz CT molecular complexity index is 822. The molecule has 1 aromatic heterocycles. The summed E-state index contributed by atoms with van der Waals surface area (Å²) in [6, 6.07) is 24.4. The van der Waals surface area contributed by atoms with Gasteiger partial charge in [-0.2, -0.15) is 0 Å². The zero-order valence-corrected chi connectivity index (χ0v) is 14.9. The van der Waals surface area contributed by atoms with Crippen LogP contribution < -0.4 is 0 Å². The Balaban J connectivity index is 1.80. The number of carbonyl (C=O) groups is 1. The quantitative estimate of drug-likeness (QED) is 0.663. The van der Waals surface area contributed by atoms with Crippen LogP contribution in [0.5, 0.6) is 0 Å². The molecule has 0 aliphatic rings. The second-order valence-electron chi connectivity index (χ2n) is 6.37. The summed E-state index contributed by atoms with van der Waals surface area (Å²) >= 11 is 0. The summed E-state index contributed by atoms with van der Waals surface area (Å²) in [5.41, 5.74) is 4.22. The number of aromatic nitrogens is 1. The Labute approximate surface area is 149 Å². The van der Waals surface area contributed by atoms with E-state index in [1.807, 2.05) is 72.0 Å². The smallest absolute Gasteiger partial charge is 0.270 e. The van der Waals surface area contributed by atoms with Crippen LogP contribution in [0.3, 0.4) is 0 Å². The van der Waals surface area contributed by atoms with Crippen LogP contribution in [0.2, 0.25) is 0 Å². The second-order valence-corrected chi connectivity index (χ2v) is 6.37. The van der Waals surface area contributed by atoms with E-state index in [9.17, 15) is 4.79 Å². The van der Waals surface area contributed by atoms with Gasteiger partial charge in [0.25, 0.3) is 5.91 Å². The molecule has 0 saturated heterocycles. The largest absolute Gasteiger partial charge is 0.344 e. The minimum atomic E-state index is 0.0791. The van der Waals surface area contributed by atoms with Gasteiger partial charge in [0, 0.05) is 25.8 Å². The maximum absolute atomic E-state index is 13.1. The fourth-order valence-corrected chi connectivity index (χ4v) is 2.95. The molecule has 0 N–H and O–H groups in total. The predicted octanol–water partition coefficient (Wildman–Crippen LogP) is 4.22. The lowest BCUT2D eigenvalue weighted by Gasteiger charge is -2.23. The SMILES string of the molecule is Cc1ccc(C(=O)N(CCc2ccccc2)Cc2ccccc2)n1C. The van der Waals surface area contributed by atoms with Gasteiger partial charge in [-0.25, -0.2) is 0 Å². The zero-order valence-electron chi connectivity index (χ0n) is 14.9. The number of hydrogen-bond donors (Lipinski definition) is 0. The van der Waals surface area contributed by atoms with E-state index in [-0.39, 0.29) is 5.91 Å². The predicted molar refractivity (Wildman–Crippen MR) is 101 cm³/mol. The van der Waals surface area contributed by atoms with Crippen molar-refractivity contribution in [2.24, 2.45) is 7.05 Å². The van der Waals surface area contributed by atoms with Crippen LogP contribution in [0, 0.1) is 6.92 Å².